The van der Waals surface area contributed by atoms with Crippen molar-refractivity contribution in [2.45, 2.75) is 13.2 Å². The first-order valence-corrected chi connectivity index (χ1v) is 9.45. The van der Waals surface area contributed by atoms with Gasteiger partial charge in [0.2, 0.25) is 0 Å². The minimum atomic E-state index is 0.0589. The van der Waals surface area contributed by atoms with Crippen molar-refractivity contribution in [1.82, 2.24) is 0 Å². The molecule has 3 aromatic carbocycles. The first-order chi connectivity index (χ1) is 14.2. The molecule has 0 aliphatic heterocycles. The number of hydrogen-bond acceptors (Lipinski definition) is 4. The quantitative estimate of drug-likeness (QED) is 0.326. The number of rotatable bonds is 8. The minimum absolute atomic E-state index is 0.0589. The Kier molecular flexibility index (Phi) is 6.99. The van der Waals surface area contributed by atoms with Gasteiger partial charge in [-0.1, -0.05) is 78.9 Å². The molecule has 0 bridgehead atoms. The largest absolute Gasteiger partial charge is 0.485 e. The summed E-state index contributed by atoms with van der Waals surface area (Å²) in [5, 5.41) is 9.20. The van der Waals surface area contributed by atoms with E-state index in [0.717, 1.165) is 16.7 Å². The Morgan fingerprint density at radius 2 is 1.41 bits per heavy atom. The van der Waals surface area contributed by atoms with Gasteiger partial charge in [0.05, 0.1) is 5.57 Å². The average Bonchev–Trinajstić information content (AvgIpc) is 2.76. The molecule has 3 rings (SSSR count). The minimum Gasteiger partial charge on any atom is -0.485 e. The molecule has 2 N–H and O–H groups in total. The second-order valence-corrected chi connectivity index (χ2v) is 6.73. The number of nitriles is 1. The van der Waals surface area contributed by atoms with Gasteiger partial charge < -0.3 is 15.2 Å². The van der Waals surface area contributed by atoms with Crippen LogP contribution < -0.4 is 15.2 Å². The van der Waals surface area contributed by atoms with Gasteiger partial charge in [-0.25, -0.2) is 0 Å². The maximum absolute atomic E-state index is 9.20. The van der Waals surface area contributed by atoms with Crippen molar-refractivity contribution in [3.8, 4) is 17.6 Å². The molecular formula is C24H20N2O2S. The number of benzene rings is 3. The van der Waals surface area contributed by atoms with Gasteiger partial charge in [-0.3, -0.25) is 0 Å². The zero-order valence-corrected chi connectivity index (χ0v) is 16.6. The molecule has 0 spiro atoms. The molecule has 5 heteroatoms. The van der Waals surface area contributed by atoms with Crippen molar-refractivity contribution in [1.29, 1.82) is 5.26 Å². The van der Waals surface area contributed by atoms with Crippen LogP contribution in [0, 0.1) is 11.3 Å². The lowest BCUT2D eigenvalue weighted by atomic mass is 10.1. The van der Waals surface area contributed by atoms with Gasteiger partial charge in [-0.15, -0.1) is 0 Å². The van der Waals surface area contributed by atoms with Crippen LogP contribution in [0.2, 0.25) is 0 Å². The van der Waals surface area contributed by atoms with Gasteiger partial charge in [-0.2, -0.15) is 5.26 Å². The molecule has 0 radical (unpaired) electrons. The van der Waals surface area contributed by atoms with Crippen molar-refractivity contribution in [2.24, 2.45) is 5.73 Å². The van der Waals surface area contributed by atoms with Crippen LogP contribution in [-0.2, 0) is 13.2 Å². The van der Waals surface area contributed by atoms with E-state index in [-0.39, 0.29) is 10.6 Å². The average molecular weight is 401 g/mol. The number of nitrogens with two attached hydrogens (primary N) is 1. The maximum Gasteiger partial charge on any atom is 0.162 e. The number of thiocarbonyl (C=S) groups is 1. The molecule has 3 aromatic rings. The molecule has 0 aromatic heterocycles. The third-order valence-electron chi connectivity index (χ3n) is 4.14. The third kappa shape index (κ3) is 5.93. The first-order valence-electron chi connectivity index (χ1n) is 9.05. The molecule has 144 valence electrons. The van der Waals surface area contributed by atoms with Crippen molar-refractivity contribution in [2.75, 3.05) is 0 Å². The number of nitrogens with zero attached hydrogens (tertiary/aromatic N) is 1. The fourth-order valence-corrected chi connectivity index (χ4v) is 2.75. The van der Waals surface area contributed by atoms with Crippen LogP contribution in [0.1, 0.15) is 16.7 Å². The Hall–Kier alpha value is -3.62. The van der Waals surface area contributed by atoms with Gasteiger partial charge in [-0.05, 0) is 34.9 Å². The Bertz CT molecular complexity index is 1040. The normalized spacial score (nSPS) is 10.8. The molecule has 0 heterocycles. The van der Waals surface area contributed by atoms with Crippen LogP contribution >= 0.6 is 12.2 Å². The van der Waals surface area contributed by atoms with Crippen LogP contribution in [-0.4, -0.2) is 4.99 Å². The zero-order chi connectivity index (χ0) is 20.5. The predicted molar refractivity (Wildman–Crippen MR) is 118 cm³/mol. The highest BCUT2D eigenvalue weighted by Crippen LogP contribution is 2.31. The summed E-state index contributed by atoms with van der Waals surface area (Å²) in [6, 6.07) is 27.3. The van der Waals surface area contributed by atoms with Gasteiger partial charge >= 0.3 is 0 Å². The molecular weight excluding hydrogens is 380 g/mol. The van der Waals surface area contributed by atoms with E-state index in [4.69, 9.17) is 27.4 Å². The molecule has 29 heavy (non-hydrogen) atoms. The Labute approximate surface area is 175 Å². The van der Waals surface area contributed by atoms with E-state index < -0.39 is 0 Å². The second kappa shape index (κ2) is 10.1. The monoisotopic (exact) mass is 400 g/mol. The van der Waals surface area contributed by atoms with Crippen molar-refractivity contribution < 1.29 is 9.47 Å². The predicted octanol–water partition coefficient (Wildman–Crippen LogP) is 5.04. The lowest BCUT2D eigenvalue weighted by Crippen LogP contribution is -2.09. The Balaban J connectivity index is 1.85. The first kappa shape index (κ1) is 20.1. The Morgan fingerprint density at radius 3 is 1.93 bits per heavy atom. The molecule has 0 atom stereocenters. The topological polar surface area (TPSA) is 68.3 Å². The summed E-state index contributed by atoms with van der Waals surface area (Å²) in [6.45, 7) is 0.824. The van der Waals surface area contributed by atoms with Gasteiger partial charge in [0, 0.05) is 0 Å². The van der Waals surface area contributed by atoms with Crippen molar-refractivity contribution in [3.05, 3.63) is 101 Å². The van der Waals surface area contributed by atoms with Gasteiger partial charge in [0.25, 0.3) is 0 Å². The summed E-state index contributed by atoms with van der Waals surface area (Å²) >= 11 is 4.92. The summed E-state index contributed by atoms with van der Waals surface area (Å²) in [6.07, 6.45) is 1.64. The van der Waals surface area contributed by atoms with Crippen LogP contribution in [0.15, 0.2) is 84.4 Å². The van der Waals surface area contributed by atoms with Crippen molar-refractivity contribution >= 4 is 23.3 Å². The van der Waals surface area contributed by atoms with E-state index in [0.29, 0.717) is 24.7 Å². The molecule has 0 aliphatic carbocycles. The summed E-state index contributed by atoms with van der Waals surface area (Å²) in [7, 11) is 0. The summed E-state index contributed by atoms with van der Waals surface area (Å²) in [5.74, 6) is 1.20. The van der Waals surface area contributed by atoms with Crippen LogP contribution in [0.5, 0.6) is 11.5 Å². The molecule has 0 aliphatic rings. The number of ether oxygens (including phenoxy) is 2. The van der Waals surface area contributed by atoms with Crippen molar-refractivity contribution in [3.63, 3.8) is 0 Å². The van der Waals surface area contributed by atoms with E-state index >= 15 is 0 Å². The van der Waals surface area contributed by atoms with E-state index in [9.17, 15) is 5.26 Å². The lowest BCUT2D eigenvalue weighted by Gasteiger charge is -2.14. The highest BCUT2D eigenvalue weighted by atomic mass is 32.1. The summed E-state index contributed by atoms with van der Waals surface area (Å²) in [4.78, 5) is 0.0589. The van der Waals surface area contributed by atoms with E-state index in [2.05, 4.69) is 0 Å². The van der Waals surface area contributed by atoms with Crippen LogP contribution in [0.4, 0.5) is 0 Å². The molecule has 0 saturated carbocycles. The molecule has 0 fully saturated rings. The van der Waals surface area contributed by atoms with E-state index in [1.54, 1.807) is 6.08 Å². The van der Waals surface area contributed by atoms with Gasteiger partial charge in [0.1, 0.15) is 24.3 Å². The summed E-state index contributed by atoms with van der Waals surface area (Å²) < 4.78 is 12.0. The fourth-order valence-electron chi connectivity index (χ4n) is 2.64. The number of hydrogen-bond donors (Lipinski definition) is 1. The molecule has 0 amide bonds. The maximum atomic E-state index is 9.20. The second-order valence-electron chi connectivity index (χ2n) is 6.29. The van der Waals surface area contributed by atoms with Gasteiger partial charge in [0.15, 0.2) is 11.5 Å². The molecule has 0 unspecified atom stereocenters. The van der Waals surface area contributed by atoms with E-state index in [1.165, 1.54) is 0 Å². The SMILES string of the molecule is N#CC(=Cc1ccc(OCc2ccccc2)c(OCc2ccccc2)c1)C(N)=S. The standard InChI is InChI=1S/C24H20N2O2S/c25-15-21(24(26)29)13-20-11-12-22(27-16-18-7-3-1-4-8-18)23(14-20)28-17-19-9-5-2-6-10-19/h1-14H,16-17H2,(H2,26,29). The van der Waals surface area contributed by atoms with Crippen LogP contribution in [0.25, 0.3) is 6.08 Å². The third-order valence-corrected chi connectivity index (χ3v) is 4.36. The summed E-state index contributed by atoms with van der Waals surface area (Å²) in [5.41, 5.74) is 8.70. The Morgan fingerprint density at radius 1 is 0.862 bits per heavy atom. The fraction of sp³-hybridized carbons (Fsp3) is 0.0833. The smallest absolute Gasteiger partial charge is 0.162 e. The van der Waals surface area contributed by atoms with E-state index in [1.807, 2.05) is 84.9 Å². The van der Waals surface area contributed by atoms with Crippen LogP contribution in [0.3, 0.4) is 0 Å². The highest BCUT2D eigenvalue weighted by Gasteiger charge is 2.09. The molecule has 0 saturated heterocycles. The zero-order valence-electron chi connectivity index (χ0n) is 15.7. The lowest BCUT2D eigenvalue weighted by molar-refractivity contribution is 0.256. The highest BCUT2D eigenvalue weighted by molar-refractivity contribution is 7.80. The molecule has 4 nitrogen and oxygen atoms in total.